The average molecular weight is 279 g/mol. The van der Waals surface area contributed by atoms with Gasteiger partial charge in [0.2, 0.25) is 0 Å². The Balaban J connectivity index is 2.20. The Labute approximate surface area is 118 Å². The highest BCUT2D eigenvalue weighted by molar-refractivity contribution is 5.93. The van der Waals surface area contributed by atoms with Crippen molar-refractivity contribution in [3.8, 4) is 0 Å². The van der Waals surface area contributed by atoms with Crippen molar-refractivity contribution in [2.24, 2.45) is 11.8 Å². The SMILES string of the molecule is CCc1cc(C(=O)N2CC(C)C(C(=O)O)C2)n(CC)n1. The number of carboxylic acids is 1. The van der Waals surface area contributed by atoms with E-state index < -0.39 is 11.9 Å². The van der Waals surface area contributed by atoms with Crippen LogP contribution in [0.3, 0.4) is 0 Å². The minimum absolute atomic E-state index is 0.0138. The molecule has 0 aromatic carbocycles. The van der Waals surface area contributed by atoms with Crippen LogP contribution in [0.1, 0.15) is 37.0 Å². The number of aromatic nitrogens is 2. The van der Waals surface area contributed by atoms with Crippen molar-refractivity contribution < 1.29 is 14.7 Å². The predicted octanol–water partition coefficient (Wildman–Crippen LogP) is 1.26. The summed E-state index contributed by atoms with van der Waals surface area (Å²) in [5.41, 5.74) is 1.44. The first kappa shape index (κ1) is 14.6. The summed E-state index contributed by atoms with van der Waals surface area (Å²) in [5, 5.41) is 13.5. The lowest BCUT2D eigenvalue weighted by molar-refractivity contribution is -0.142. The fourth-order valence-corrected chi connectivity index (χ4v) is 2.67. The molecule has 1 N–H and O–H groups in total. The summed E-state index contributed by atoms with van der Waals surface area (Å²) in [6, 6.07) is 1.81. The van der Waals surface area contributed by atoms with E-state index in [1.165, 1.54) is 0 Å². The van der Waals surface area contributed by atoms with Crippen molar-refractivity contribution in [1.29, 1.82) is 0 Å². The van der Waals surface area contributed by atoms with E-state index >= 15 is 0 Å². The molecule has 2 heterocycles. The van der Waals surface area contributed by atoms with Gasteiger partial charge in [0.25, 0.3) is 5.91 Å². The lowest BCUT2D eigenvalue weighted by Crippen LogP contribution is -2.31. The van der Waals surface area contributed by atoms with Crippen molar-refractivity contribution in [1.82, 2.24) is 14.7 Å². The second-order valence-electron chi connectivity index (χ2n) is 5.32. The molecule has 1 aliphatic rings. The van der Waals surface area contributed by atoms with Gasteiger partial charge in [-0.05, 0) is 25.3 Å². The molecule has 0 bridgehead atoms. The highest BCUT2D eigenvalue weighted by atomic mass is 16.4. The third kappa shape index (κ3) is 2.55. The van der Waals surface area contributed by atoms with Gasteiger partial charge >= 0.3 is 5.97 Å². The number of hydrogen-bond donors (Lipinski definition) is 1. The van der Waals surface area contributed by atoms with Gasteiger partial charge in [-0.1, -0.05) is 13.8 Å². The van der Waals surface area contributed by atoms with Crippen molar-refractivity contribution in [3.05, 3.63) is 17.5 Å². The quantitative estimate of drug-likeness (QED) is 0.900. The topological polar surface area (TPSA) is 75.4 Å². The molecule has 0 spiro atoms. The van der Waals surface area contributed by atoms with Crippen LogP contribution in [0.4, 0.5) is 0 Å². The summed E-state index contributed by atoms with van der Waals surface area (Å²) in [7, 11) is 0. The molecule has 110 valence electrons. The minimum Gasteiger partial charge on any atom is -0.481 e. The van der Waals surface area contributed by atoms with Gasteiger partial charge in [-0.15, -0.1) is 0 Å². The van der Waals surface area contributed by atoms with Crippen LogP contribution in [0, 0.1) is 11.8 Å². The lowest BCUT2D eigenvalue weighted by atomic mass is 9.99. The van der Waals surface area contributed by atoms with Crippen molar-refractivity contribution in [3.63, 3.8) is 0 Å². The van der Waals surface area contributed by atoms with E-state index in [-0.39, 0.29) is 18.4 Å². The van der Waals surface area contributed by atoms with Crippen molar-refractivity contribution >= 4 is 11.9 Å². The summed E-state index contributed by atoms with van der Waals surface area (Å²) < 4.78 is 1.69. The maximum atomic E-state index is 12.5. The molecule has 1 amide bonds. The molecule has 2 rings (SSSR count). The molecule has 2 unspecified atom stereocenters. The molecular weight excluding hydrogens is 258 g/mol. The second kappa shape index (κ2) is 5.64. The standard InChI is InChI=1S/C14H21N3O3/c1-4-10-6-12(17(5-2)15-10)13(18)16-7-9(3)11(8-16)14(19)20/h6,9,11H,4-5,7-8H2,1-3H3,(H,19,20). The van der Waals surface area contributed by atoms with Crippen molar-refractivity contribution in [2.45, 2.75) is 33.7 Å². The molecule has 6 nitrogen and oxygen atoms in total. The van der Waals surface area contributed by atoms with Crippen LogP contribution in [-0.4, -0.2) is 44.8 Å². The maximum Gasteiger partial charge on any atom is 0.308 e. The molecule has 2 atom stereocenters. The number of aliphatic carboxylic acids is 1. The first-order valence-electron chi connectivity index (χ1n) is 7.06. The summed E-state index contributed by atoms with van der Waals surface area (Å²) in [4.78, 5) is 25.3. The number of amides is 1. The van der Waals surface area contributed by atoms with Gasteiger partial charge in [0.1, 0.15) is 5.69 Å². The summed E-state index contributed by atoms with van der Waals surface area (Å²) >= 11 is 0. The molecule has 0 saturated carbocycles. The molecule has 0 radical (unpaired) electrons. The van der Waals surface area contributed by atoms with Crippen LogP contribution < -0.4 is 0 Å². The number of rotatable bonds is 4. The van der Waals surface area contributed by atoms with E-state index in [9.17, 15) is 9.59 Å². The van der Waals surface area contributed by atoms with Crippen LogP contribution in [0.15, 0.2) is 6.07 Å². The van der Waals surface area contributed by atoms with Gasteiger partial charge in [0, 0.05) is 19.6 Å². The Bertz CT molecular complexity index is 524. The number of likely N-dealkylation sites (tertiary alicyclic amines) is 1. The Hall–Kier alpha value is -1.85. The summed E-state index contributed by atoms with van der Waals surface area (Å²) in [6.45, 7) is 7.22. The molecule has 1 aromatic rings. The van der Waals surface area contributed by atoms with Crippen molar-refractivity contribution in [2.75, 3.05) is 13.1 Å². The van der Waals surface area contributed by atoms with Gasteiger partial charge in [-0.2, -0.15) is 5.10 Å². The van der Waals surface area contributed by atoms with Gasteiger partial charge < -0.3 is 10.0 Å². The van der Waals surface area contributed by atoms with Crippen LogP contribution in [0.2, 0.25) is 0 Å². The van der Waals surface area contributed by atoms with E-state index in [1.807, 2.05) is 26.8 Å². The predicted molar refractivity (Wildman–Crippen MR) is 73.5 cm³/mol. The molecule has 6 heteroatoms. The van der Waals surface area contributed by atoms with Crippen LogP contribution in [-0.2, 0) is 17.8 Å². The lowest BCUT2D eigenvalue weighted by Gasteiger charge is -2.16. The Kier molecular flexibility index (Phi) is 4.11. The fourth-order valence-electron chi connectivity index (χ4n) is 2.67. The van der Waals surface area contributed by atoms with E-state index in [2.05, 4.69) is 5.10 Å². The maximum absolute atomic E-state index is 12.5. The number of carbonyl (C=O) groups is 2. The van der Waals surface area contributed by atoms with Crippen LogP contribution >= 0.6 is 0 Å². The first-order valence-corrected chi connectivity index (χ1v) is 7.06. The zero-order valence-corrected chi connectivity index (χ0v) is 12.2. The Morgan fingerprint density at radius 3 is 2.60 bits per heavy atom. The van der Waals surface area contributed by atoms with E-state index in [0.717, 1.165) is 12.1 Å². The summed E-state index contributed by atoms with van der Waals surface area (Å²) in [5.74, 6) is -1.43. The second-order valence-corrected chi connectivity index (χ2v) is 5.32. The molecule has 1 fully saturated rings. The van der Waals surface area contributed by atoms with E-state index in [0.29, 0.717) is 18.8 Å². The van der Waals surface area contributed by atoms with E-state index in [1.54, 1.807) is 9.58 Å². The van der Waals surface area contributed by atoms with Gasteiger partial charge in [-0.3, -0.25) is 14.3 Å². The molecule has 0 aliphatic carbocycles. The van der Waals surface area contributed by atoms with Gasteiger partial charge in [-0.25, -0.2) is 0 Å². The van der Waals surface area contributed by atoms with E-state index in [4.69, 9.17) is 5.11 Å². The first-order chi connectivity index (χ1) is 9.47. The minimum atomic E-state index is -0.828. The highest BCUT2D eigenvalue weighted by Crippen LogP contribution is 2.25. The molecular formula is C14H21N3O3. The Morgan fingerprint density at radius 1 is 1.40 bits per heavy atom. The Morgan fingerprint density at radius 2 is 2.10 bits per heavy atom. The zero-order chi connectivity index (χ0) is 14.9. The molecule has 1 aromatic heterocycles. The third-order valence-electron chi connectivity index (χ3n) is 3.93. The number of nitrogens with zero attached hydrogens (tertiary/aromatic N) is 3. The smallest absolute Gasteiger partial charge is 0.308 e. The third-order valence-corrected chi connectivity index (χ3v) is 3.93. The zero-order valence-electron chi connectivity index (χ0n) is 12.2. The average Bonchev–Trinajstić information content (AvgIpc) is 3.00. The number of hydrogen-bond acceptors (Lipinski definition) is 3. The largest absolute Gasteiger partial charge is 0.481 e. The number of aryl methyl sites for hydroxylation is 2. The number of carboxylic acid groups (broad SMARTS) is 1. The van der Waals surface area contributed by atoms with Crippen LogP contribution in [0.5, 0.6) is 0 Å². The molecule has 20 heavy (non-hydrogen) atoms. The van der Waals surface area contributed by atoms with Gasteiger partial charge in [0.05, 0.1) is 11.6 Å². The highest BCUT2D eigenvalue weighted by Gasteiger charge is 2.38. The normalized spacial score (nSPS) is 22.2. The molecule has 1 saturated heterocycles. The summed E-state index contributed by atoms with van der Waals surface area (Å²) in [6.07, 6.45) is 0.779. The monoisotopic (exact) mass is 279 g/mol. The molecule has 1 aliphatic heterocycles. The van der Waals surface area contributed by atoms with Crippen LogP contribution in [0.25, 0.3) is 0 Å². The van der Waals surface area contributed by atoms with Gasteiger partial charge in [0.15, 0.2) is 0 Å². The fraction of sp³-hybridized carbons (Fsp3) is 0.643. The number of carbonyl (C=O) groups excluding carboxylic acids is 1.